The topological polar surface area (TPSA) is 135 Å². The first-order valence-corrected chi connectivity index (χ1v) is 10.4. The zero-order chi connectivity index (χ0) is 24.6. The minimum Gasteiger partial charge on any atom is -0.382 e. The first kappa shape index (κ1) is 23.0. The van der Waals surface area contributed by atoms with Crippen LogP contribution in [0.5, 0.6) is 0 Å². The van der Waals surface area contributed by atoms with Crippen molar-refractivity contribution in [2.75, 3.05) is 11.1 Å². The number of nitriles is 1. The van der Waals surface area contributed by atoms with Crippen LogP contribution in [-0.2, 0) is 0 Å². The molecule has 4 aromatic rings. The molecule has 1 aromatic carbocycles. The quantitative estimate of drug-likeness (QED) is 0.438. The molecule has 0 aliphatic rings. The van der Waals surface area contributed by atoms with E-state index in [1.54, 1.807) is 13.8 Å². The summed E-state index contributed by atoms with van der Waals surface area (Å²) in [6, 6.07) is 4.61. The summed E-state index contributed by atoms with van der Waals surface area (Å²) in [6.07, 6.45) is 2.57. The van der Waals surface area contributed by atoms with Crippen LogP contribution in [0.25, 0.3) is 16.6 Å². The predicted octanol–water partition coefficient (Wildman–Crippen LogP) is 3.83. The fourth-order valence-electron chi connectivity index (χ4n) is 3.56. The highest BCUT2D eigenvalue weighted by atomic mass is 35.5. The Morgan fingerprint density at radius 3 is 2.71 bits per heavy atom. The second-order valence-corrected chi connectivity index (χ2v) is 7.73. The molecule has 0 aliphatic carbocycles. The van der Waals surface area contributed by atoms with Gasteiger partial charge in [0.1, 0.15) is 46.3 Å². The van der Waals surface area contributed by atoms with Crippen molar-refractivity contribution >= 4 is 34.1 Å². The van der Waals surface area contributed by atoms with Crippen molar-refractivity contribution < 1.29 is 8.78 Å². The molecule has 0 spiro atoms. The van der Waals surface area contributed by atoms with Crippen LogP contribution in [0.15, 0.2) is 35.4 Å². The molecule has 0 amide bonds. The van der Waals surface area contributed by atoms with E-state index in [9.17, 15) is 18.8 Å². The second-order valence-electron chi connectivity index (χ2n) is 7.32. The number of nitrogen functional groups attached to an aromatic ring is 1. The van der Waals surface area contributed by atoms with Gasteiger partial charge in [0.05, 0.1) is 34.5 Å². The normalized spacial score (nSPS) is 11.9. The molecular formula is C22H17ClF2N8O. The van der Waals surface area contributed by atoms with Crippen molar-refractivity contribution in [3.8, 4) is 11.8 Å². The van der Waals surface area contributed by atoms with Crippen LogP contribution in [0.4, 0.5) is 20.4 Å². The lowest BCUT2D eigenvalue weighted by Crippen LogP contribution is -2.29. The van der Waals surface area contributed by atoms with Crippen molar-refractivity contribution in [2.45, 2.75) is 26.3 Å². The van der Waals surface area contributed by atoms with Gasteiger partial charge in [-0.3, -0.25) is 14.3 Å². The summed E-state index contributed by atoms with van der Waals surface area (Å²) in [7, 11) is 0. The Kier molecular flexibility index (Phi) is 6.08. The second kappa shape index (κ2) is 8.99. The minimum absolute atomic E-state index is 0.000355. The van der Waals surface area contributed by atoms with Crippen LogP contribution in [0.1, 0.15) is 36.6 Å². The van der Waals surface area contributed by atoms with E-state index in [4.69, 9.17) is 17.3 Å². The molecule has 0 bridgehead atoms. The Hall–Kier alpha value is -4.17. The number of anilines is 2. The third-order valence-corrected chi connectivity index (χ3v) is 5.41. The van der Waals surface area contributed by atoms with E-state index >= 15 is 0 Å². The summed E-state index contributed by atoms with van der Waals surface area (Å²) >= 11 is 6.20. The molecule has 3 aromatic heterocycles. The average Bonchev–Trinajstić information content (AvgIpc) is 2.79. The maximum Gasteiger partial charge on any atom is 0.267 e. The Balaban J connectivity index is 2.02. The van der Waals surface area contributed by atoms with E-state index in [1.807, 2.05) is 6.07 Å². The van der Waals surface area contributed by atoms with Crippen LogP contribution in [-0.4, -0.2) is 24.5 Å². The number of hydrogen-bond acceptors (Lipinski definition) is 8. The van der Waals surface area contributed by atoms with Gasteiger partial charge in [0, 0.05) is 6.07 Å². The number of nitrogens with two attached hydrogens (primary N) is 1. The Bertz CT molecular complexity index is 1530. The van der Waals surface area contributed by atoms with Gasteiger partial charge in [-0.05, 0) is 25.5 Å². The van der Waals surface area contributed by atoms with Gasteiger partial charge < -0.3 is 11.1 Å². The highest BCUT2D eigenvalue weighted by Gasteiger charge is 2.25. The number of pyridine rings is 1. The Morgan fingerprint density at radius 2 is 2.03 bits per heavy atom. The van der Waals surface area contributed by atoms with Crippen molar-refractivity contribution in [3.63, 3.8) is 0 Å². The highest BCUT2D eigenvalue weighted by Crippen LogP contribution is 2.29. The van der Waals surface area contributed by atoms with Gasteiger partial charge in [-0.25, -0.2) is 23.7 Å². The predicted molar refractivity (Wildman–Crippen MR) is 123 cm³/mol. The molecule has 12 heteroatoms. The van der Waals surface area contributed by atoms with Crippen LogP contribution in [0, 0.1) is 29.9 Å². The molecule has 0 saturated heterocycles. The number of nitrogens with one attached hydrogen (secondary N) is 1. The summed E-state index contributed by atoms with van der Waals surface area (Å²) in [5, 5.41) is 12.4. The molecule has 0 aliphatic heterocycles. The zero-order valence-corrected chi connectivity index (χ0v) is 18.7. The smallest absolute Gasteiger partial charge is 0.267 e. The number of nitrogens with zero attached hydrogens (tertiary/aromatic N) is 6. The van der Waals surface area contributed by atoms with Crippen molar-refractivity contribution in [1.29, 1.82) is 5.26 Å². The molecule has 0 fully saturated rings. The summed E-state index contributed by atoms with van der Waals surface area (Å²) in [6.45, 7) is 3.38. The summed E-state index contributed by atoms with van der Waals surface area (Å²) < 4.78 is 29.8. The fraction of sp³-hybridized carbons (Fsp3) is 0.182. The van der Waals surface area contributed by atoms with Crippen LogP contribution in [0.3, 0.4) is 0 Å². The first-order chi connectivity index (χ1) is 16.2. The average molecular weight is 483 g/mol. The van der Waals surface area contributed by atoms with Gasteiger partial charge in [0.25, 0.3) is 5.56 Å². The summed E-state index contributed by atoms with van der Waals surface area (Å²) in [5.74, 6) is -1.01. The number of fused-ring (bicyclic) bond motifs is 1. The number of hydrogen-bond donors (Lipinski definition) is 2. The molecule has 34 heavy (non-hydrogen) atoms. The Labute approximate surface area is 196 Å². The van der Waals surface area contributed by atoms with E-state index in [0.717, 1.165) is 22.9 Å². The van der Waals surface area contributed by atoms with Gasteiger partial charge in [-0.1, -0.05) is 18.5 Å². The van der Waals surface area contributed by atoms with E-state index in [0.29, 0.717) is 12.2 Å². The van der Waals surface area contributed by atoms with Gasteiger partial charge in [0.15, 0.2) is 5.82 Å². The molecule has 0 saturated carbocycles. The molecular weight excluding hydrogens is 466 g/mol. The molecule has 3 heterocycles. The first-order valence-electron chi connectivity index (χ1n) is 10.1. The van der Waals surface area contributed by atoms with Gasteiger partial charge in [-0.2, -0.15) is 5.26 Å². The largest absolute Gasteiger partial charge is 0.382 e. The fourth-order valence-corrected chi connectivity index (χ4v) is 3.80. The number of halogens is 3. The molecule has 9 nitrogen and oxygen atoms in total. The van der Waals surface area contributed by atoms with Crippen LogP contribution < -0.4 is 16.6 Å². The Morgan fingerprint density at radius 1 is 1.26 bits per heavy atom. The third-order valence-electron chi connectivity index (χ3n) is 5.09. The zero-order valence-electron chi connectivity index (χ0n) is 18.0. The number of aryl methyl sites for hydroxylation is 1. The summed E-state index contributed by atoms with van der Waals surface area (Å²) in [5.41, 5.74) is 4.97. The SMILES string of the molecule is CC[C@H](Nc1nc(C)nc(N)c1C#N)c1nc2c(F)ccc(Cl)c2c(=O)n1-c1cncc(F)c1. The van der Waals surface area contributed by atoms with Crippen molar-refractivity contribution in [3.05, 3.63) is 74.8 Å². The maximum atomic E-state index is 14.7. The highest BCUT2D eigenvalue weighted by molar-refractivity contribution is 6.35. The third kappa shape index (κ3) is 3.99. The lowest BCUT2D eigenvalue weighted by molar-refractivity contribution is 0.611. The number of aromatic nitrogens is 5. The maximum absolute atomic E-state index is 14.7. The van der Waals surface area contributed by atoms with Gasteiger partial charge in [0.2, 0.25) is 0 Å². The molecule has 0 unspecified atom stereocenters. The number of rotatable bonds is 5. The molecule has 3 N–H and O–H groups in total. The van der Waals surface area contributed by atoms with Crippen LogP contribution in [0.2, 0.25) is 5.02 Å². The van der Waals surface area contributed by atoms with E-state index in [2.05, 4.69) is 25.3 Å². The van der Waals surface area contributed by atoms with Gasteiger partial charge in [-0.15, -0.1) is 0 Å². The van der Waals surface area contributed by atoms with Crippen molar-refractivity contribution in [1.82, 2.24) is 24.5 Å². The molecule has 4 rings (SSSR count). The minimum atomic E-state index is -0.778. The molecule has 1 atom stereocenters. The lowest BCUT2D eigenvalue weighted by atomic mass is 10.1. The lowest BCUT2D eigenvalue weighted by Gasteiger charge is -2.23. The van der Waals surface area contributed by atoms with Crippen molar-refractivity contribution in [2.24, 2.45) is 0 Å². The summed E-state index contributed by atoms with van der Waals surface area (Å²) in [4.78, 5) is 30.0. The van der Waals surface area contributed by atoms with Crippen LogP contribution >= 0.6 is 11.6 Å². The van der Waals surface area contributed by atoms with E-state index < -0.39 is 23.2 Å². The van der Waals surface area contributed by atoms with E-state index in [1.165, 1.54) is 12.3 Å². The van der Waals surface area contributed by atoms with E-state index in [-0.39, 0.29) is 44.6 Å². The molecule has 172 valence electrons. The van der Waals surface area contributed by atoms with Gasteiger partial charge >= 0.3 is 0 Å². The molecule has 0 radical (unpaired) electrons. The standard InChI is InChI=1S/C22H17ClF2N8O/c1-3-16(31-20-13(7-26)19(27)29-10(2)30-20)21-32-18-15(25)5-4-14(23)17(18)22(34)33(21)12-6-11(24)8-28-9-12/h4-6,8-9,16H,3H2,1-2H3,(H3,27,29,30,31)/t16-/m0/s1. The monoisotopic (exact) mass is 482 g/mol. The number of benzene rings is 1.